The Kier molecular flexibility index (Phi) is 8.04. The van der Waals surface area contributed by atoms with E-state index in [4.69, 9.17) is 4.74 Å². The summed E-state index contributed by atoms with van der Waals surface area (Å²) >= 11 is 0. The van der Waals surface area contributed by atoms with Crippen molar-refractivity contribution in [3.63, 3.8) is 0 Å². The Bertz CT molecular complexity index is 168. The summed E-state index contributed by atoms with van der Waals surface area (Å²) in [6.45, 7) is 17.5. The van der Waals surface area contributed by atoms with Gasteiger partial charge >= 0.3 is 0 Å². The second-order valence-electron chi connectivity index (χ2n) is 5.78. The molecule has 0 aliphatic heterocycles. The van der Waals surface area contributed by atoms with Crippen molar-refractivity contribution < 1.29 is 4.74 Å². The zero-order chi connectivity index (χ0) is 12.6. The van der Waals surface area contributed by atoms with Crippen LogP contribution in [0.1, 0.15) is 48.0 Å². The Morgan fingerprint density at radius 3 is 2.25 bits per heavy atom. The Morgan fingerprint density at radius 1 is 1.19 bits per heavy atom. The summed E-state index contributed by atoms with van der Waals surface area (Å²) < 4.78 is 5.48. The first-order valence-electron chi connectivity index (χ1n) is 6.70. The van der Waals surface area contributed by atoms with Crippen molar-refractivity contribution in [1.29, 1.82) is 0 Å². The largest absolute Gasteiger partial charge is 0.382 e. The van der Waals surface area contributed by atoms with Crippen LogP contribution in [0.5, 0.6) is 0 Å². The van der Waals surface area contributed by atoms with E-state index in [-0.39, 0.29) is 0 Å². The maximum atomic E-state index is 5.48. The lowest BCUT2D eigenvalue weighted by atomic mass is 9.76. The molecule has 0 amide bonds. The van der Waals surface area contributed by atoms with E-state index in [1.54, 1.807) is 0 Å². The fourth-order valence-corrected chi connectivity index (χ4v) is 1.68. The zero-order valence-electron chi connectivity index (χ0n) is 12.1. The average molecular weight is 229 g/mol. The maximum absolute atomic E-state index is 5.48. The molecule has 0 aromatic heterocycles. The molecule has 0 aromatic carbocycles. The summed E-state index contributed by atoms with van der Waals surface area (Å²) in [7, 11) is 0. The summed E-state index contributed by atoms with van der Waals surface area (Å²) in [5, 5.41) is 3.58. The van der Waals surface area contributed by atoms with Gasteiger partial charge in [0.15, 0.2) is 0 Å². The molecule has 1 unspecified atom stereocenters. The van der Waals surface area contributed by atoms with Gasteiger partial charge in [-0.1, -0.05) is 34.6 Å². The Hall–Kier alpha value is -0.0800. The fourth-order valence-electron chi connectivity index (χ4n) is 1.68. The summed E-state index contributed by atoms with van der Waals surface area (Å²) in [4.78, 5) is 0. The number of nitrogens with one attached hydrogen (secondary N) is 1. The number of hydrogen-bond acceptors (Lipinski definition) is 2. The first-order chi connectivity index (χ1) is 7.42. The molecular formula is C14H31NO. The van der Waals surface area contributed by atoms with Crippen LogP contribution in [0.4, 0.5) is 0 Å². The molecule has 0 saturated carbocycles. The van der Waals surface area contributed by atoms with Gasteiger partial charge in [0.2, 0.25) is 0 Å². The summed E-state index contributed by atoms with van der Waals surface area (Å²) in [6, 6.07) is 0. The smallest absolute Gasteiger partial charge is 0.0471 e. The van der Waals surface area contributed by atoms with Gasteiger partial charge in [0, 0.05) is 19.8 Å². The third-order valence-corrected chi connectivity index (χ3v) is 3.50. The molecule has 0 fully saturated rings. The van der Waals surface area contributed by atoms with Crippen LogP contribution >= 0.6 is 0 Å². The molecule has 2 nitrogen and oxygen atoms in total. The van der Waals surface area contributed by atoms with Crippen molar-refractivity contribution >= 4 is 0 Å². The van der Waals surface area contributed by atoms with Gasteiger partial charge in [-0.3, -0.25) is 0 Å². The second-order valence-corrected chi connectivity index (χ2v) is 5.78. The van der Waals surface area contributed by atoms with Crippen LogP contribution in [0.15, 0.2) is 0 Å². The van der Waals surface area contributed by atoms with E-state index in [0.717, 1.165) is 38.6 Å². The quantitative estimate of drug-likeness (QED) is 0.612. The van der Waals surface area contributed by atoms with Crippen LogP contribution in [-0.2, 0) is 4.74 Å². The van der Waals surface area contributed by atoms with Gasteiger partial charge in [-0.05, 0) is 37.1 Å². The van der Waals surface area contributed by atoms with Gasteiger partial charge in [-0.25, -0.2) is 0 Å². The molecule has 0 rings (SSSR count). The highest BCUT2D eigenvalue weighted by molar-refractivity contribution is 4.80. The number of hydrogen-bond donors (Lipinski definition) is 1. The van der Waals surface area contributed by atoms with Crippen molar-refractivity contribution in [3.05, 3.63) is 0 Å². The van der Waals surface area contributed by atoms with Crippen molar-refractivity contribution in [1.82, 2.24) is 5.32 Å². The minimum Gasteiger partial charge on any atom is -0.382 e. The van der Waals surface area contributed by atoms with Gasteiger partial charge < -0.3 is 10.1 Å². The molecule has 98 valence electrons. The first-order valence-corrected chi connectivity index (χ1v) is 6.70. The van der Waals surface area contributed by atoms with Crippen LogP contribution in [0, 0.1) is 17.3 Å². The molecule has 1 N–H and O–H groups in total. The van der Waals surface area contributed by atoms with Gasteiger partial charge in [0.25, 0.3) is 0 Å². The van der Waals surface area contributed by atoms with E-state index >= 15 is 0 Å². The van der Waals surface area contributed by atoms with Crippen LogP contribution in [-0.4, -0.2) is 26.3 Å². The lowest BCUT2D eigenvalue weighted by Crippen LogP contribution is -2.38. The third kappa shape index (κ3) is 6.49. The SMILES string of the molecule is CCOCCC(C)(CNCC(C)C)C(C)C. The van der Waals surface area contributed by atoms with Crippen LogP contribution < -0.4 is 5.32 Å². The van der Waals surface area contributed by atoms with E-state index in [1.807, 2.05) is 0 Å². The highest BCUT2D eigenvalue weighted by Crippen LogP contribution is 2.30. The molecule has 0 saturated heterocycles. The predicted octanol–water partition coefficient (Wildman–Crippen LogP) is 3.32. The zero-order valence-corrected chi connectivity index (χ0v) is 12.1. The van der Waals surface area contributed by atoms with Crippen molar-refractivity contribution in [2.45, 2.75) is 48.0 Å². The molecule has 0 heterocycles. The van der Waals surface area contributed by atoms with Crippen molar-refractivity contribution in [2.24, 2.45) is 17.3 Å². The van der Waals surface area contributed by atoms with Crippen LogP contribution in [0.3, 0.4) is 0 Å². The standard InChI is InChI=1S/C14H31NO/c1-7-16-9-8-14(6,13(4)5)11-15-10-12(2)3/h12-13,15H,7-11H2,1-6H3. The molecule has 0 aromatic rings. The molecule has 1 atom stereocenters. The highest BCUT2D eigenvalue weighted by Gasteiger charge is 2.27. The molecule has 0 aliphatic carbocycles. The molecular weight excluding hydrogens is 198 g/mol. The lowest BCUT2D eigenvalue weighted by molar-refractivity contribution is 0.0859. The Balaban J connectivity index is 4.01. The average Bonchev–Trinajstić information content (AvgIpc) is 2.17. The summed E-state index contributed by atoms with van der Waals surface area (Å²) in [5.74, 6) is 1.41. The highest BCUT2D eigenvalue weighted by atomic mass is 16.5. The molecule has 0 spiro atoms. The summed E-state index contributed by atoms with van der Waals surface area (Å²) in [6.07, 6.45) is 1.14. The van der Waals surface area contributed by atoms with Crippen LogP contribution in [0.2, 0.25) is 0 Å². The van der Waals surface area contributed by atoms with Gasteiger partial charge in [0.1, 0.15) is 0 Å². The van der Waals surface area contributed by atoms with Gasteiger partial charge in [0.05, 0.1) is 0 Å². The third-order valence-electron chi connectivity index (χ3n) is 3.50. The van der Waals surface area contributed by atoms with E-state index in [0.29, 0.717) is 11.3 Å². The minimum absolute atomic E-state index is 0.351. The number of ether oxygens (including phenoxy) is 1. The lowest BCUT2D eigenvalue weighted by Gasteiger charge is -2.34. The normalized spacial score (nSPS) is 15.8. The van der Waals surface area contributed by atoms with Crippen molar-refractivity contribution in [3.8, 4) is 0 Å². The fraction of sp³-hybridized carbons (Fsp3) is 1.00. The van der Waals surface area contributed by atoms with Gasteiger partial charge in [-0.2, -0.15) is 0 Å². The van der Waals surface area contributed by atoms with Crippen molar-refractivity contribution in [2.75, 3.05) is 26.3 Å². The molecule has 0 radical (unpaired) electrons. The minimum atomic E-state index is 0.351. The van der Waals surface area contributed by atoms with Gasteiger partial charge in [-0.15, -0.1) is 0 Å². The topological polar surface area (TPSA) is 21.3 Å². The Morgan fingerprint density at radius 2 is 1.81 bits per heavy atom. The Labute approximate surface area is 102 Å². The maximum Gasteiger partial charge on any atom is 0.0471 e. The summed E-state index contributed by atoms with van der Waals surface area (Å²) in [5.41, 5.74) is 0.351. The molecule has 16 heavy (non-hydrogen) atoms. The van der Waals surface area contributed by atoms with E-state index in [9.17, 15) is 0 Å². The second kappa shape index (κ2) is 8.08. The van der Waals surface area contributed by atoms with E-state index in [2.05, 4.69) is 46.9 Å². The predicted molar refractivity (Wildman–Crippen MR) is 71.8 cm³/mol. The monoisotopic (exact) mass is 229 g/mol. The number of rotatable bonds is 9. The molecule has 0 bridgehead atoms. The molecule has 0 aliphatic rings. The van der Waals surface area contributed by atoms with Crippen LogP contribution in [0.25, 0.3) is 0 Å². The first kappa shape index (κ1) is 15.9. The van der Waals surface area contributed by atoms with E-state index < -0.39 is 0 Å². The molecule has 2 heteroatoms. The van der Waals surface area contributed by atoms with E-state index in [1.165, 1.54) is 0 Å².